The van der Waals surface area contributed by atoms with E-state index in [-0.39, 0.29) is 11.8 Å². The standard InChI is InChI=1S/C14H28N2O2S/c1-5-7-14(8-6-2,12(15)19)13(17)16-9-11(3)10-18-4/h11H,5-10H2,1-4H3,(H2,15,19)(H,16,17). The van der Waals surface area contributed by atoms with E-state index in [1.807, 2.05) is 20.8 Å². The number of carbonyl (C=O) groups excluding carboxylic acids is 1. The minimum Gasteiger partial charge on any atom is -0.392 e. The Labute approximate surface area is 122 Å². The van der Waals surface area contributed by atoms with E-state index >= 15 is 0 Å². The number of methoxy groups -OCH3 is 1. The highest BCUT2D eigenvalue weighted by atomic mass is 32.1. The van der Waals surface area contributed by atoms with Gasteiger partial charge in [-0.05, 0) is 18.8 Å². The fourth-order valence-corrected chi connectivity index (χ4v) is 2.64. The van der Waals surface area contributed by atoms with Crippen molar-refractivity contribution in [2.24, 2.45) is 17.1 Å². The van der Waals surface area contributed by atoms with Crippen LogP contribution in [0.2, 0.25) is 0 Å². The zero-order valence-electron chi connectivity index (χ0n) is 12.6. The fraction of sp³-hybridized carbons (Fsp3) is 0.857. The average Bonchev–Trinajstić information content (AvgIpc) is 2.35. The molecule has 0 bridgehead atoms. The zero-order chi connectivity index (χ0) is 14.9. The molecule has 0 aliphatic carbocycles. The van der Waals surface area contributed by atoms with Crippen LogP contribution in [-0.2, 0) is 9.53 Å². The van der Waals surface area contributed by atoms with Gasteiger partial charge in [0, 0.05) is 13.7 Å². The van der Waals surface area contributed by atoms with Gasteiger partial charge in [0.15, 0.2) is 0 Å². The lowest BCUT2D eigenvalue weighted by molar-refractivity contribution is -0.128. The summed E-state index contributed by atoms with van der Waals surface area (Å²) in [5.41, 5.74) is 5.17. The van der Waals surface area contributed by atoms with Crippen LogP contribution in [0, 0.1) is 11.3 Å². The monoisotopic (exact) mass is 288 g/mol. The van der Waals surface area contributed by atoms with Crippen LogP contribution >= 0.6 is 12.2 Å². The molecule has 0 aliphatic rings. The van der Waals surface area contributed by atoms with E-state index in [0.717, 1.165) is 12.8 Å². The summed E-state index contributed by atoms with van der Waals surface area (Å²) in [6.45, 7) is 7.34. The van der Waals surface area contributed by atoms with Crippen molar-refractivity contribution in [2.45, 2.75) is 46.5 Å². The molecule has 112 valence electrons. The Morgan fingerprint density at radius 1 is 1.37 bits per heavy atom. The van der Waals surface area contributed by atoms with E-state index in [1.54, 1.807) is 7.11 Å². The molecule has 1 unspecified atom stereocenters. The summed E-state index contributed by atoms with van der Waals surface area (Å²) in [4.78, 5) is 12.8. The van der Waals surface area contributed by atoms with E-state index in [0.29, 0.717) is 31.0 Å². The quantitative estimate of drug-likeness (QED) is 0.605. The number of ether oxygens (including phenoxy) is 1. The second kappa shape index (κ2) is 9.26. The molecule has 0 saturated heterocycles. The Morgan fingerprint density at radius 3 is 2.26 bits per heavy atom. The summed E-state index contributed by atoms with van der Waals surface area (Å²) in [6, 6.07) is 0. The predicted molar refractivity (Wildman–Crippen MR) is 83.1 cm³/mol. The van der Waals surface area contributed by atoms with Crippen molar-refractivity contribution in [1.29, 1.82) is 0 Å². The van der Waals surface area contributed by atoms with Gasteiger partial charge in [-0.2, -0.15) is 0 Å². The number of nitrogens with two attached hydrogens (primary N) is 1. The zero-order valence-corrected chi connectivity index (χ0v) is 13.4. The fourth-order valence-electron chi connectivity index (χ4n) is 2.34. The van der Waals surface area contributed by atoms with Crippen molar-refractivity contribution in [3.63, 3.8) is 0 Å². The highest BCUT2D eigenvalue weighted by Gasteiger charge is 2.39. The molecule has 0 saturated carbocycles. The maximum Gasteiger partial charge on any atom is 0.233 e. The lowest BCUT2D eigenvalue weighted by Crippen LogP contribution is -2.50. The first kappa shape index (κ1) is 18.3. The molecule has 0 heterocycles. The number of rotatable bonds is 10. The summed E-state index contributed by atoms with van der Waals surface area (Å²) >= 11 is 5.16. The van der Waals surface area contributed by atoms with Crippen molar-refractivity contribution in [2.75, 3.05) is 20.3 Å². The summed E-state index contributed by atoms with van der Waals surface area (Å²) in [6.07, 6.45) is 3.19. The van der Waals surface area contributed by atoms with E-state index < -0.39 is 5.41 Å². The number of hydrogen-bond donors (Lipinski definition) is 2. The van der Waals surface area contributed by atoms with Crippen LogP contribution in [0.25, 0.3) is 0 Å². The van der Waals surface area contributed by atoms with E-state index in [9.17, 15) is 4.79 Å². The van der Waals surface area contributed by atoms with Gasteiger partial charge in [-0.25, -0.2) is 0 Å². The van der Waals surface area contributed by atoms with Gasteiger partial charge in [0.05, 0.1) is 17.0 Å². The van der Waals surface area contributed by atoms with Crippen LogP contribution in [0.1, 0.15) is 46.5 Å². The Kier molecular flexibility index (Phi) is 8.93. The van der Waals surface area contributed by atoms with Crippen LogP contribution in [-0.4, -0.2) is 31.2 Å². The molecule has 0 fully saturated rings. The number of carbonyl (C=O) groups is 1. The Balaban J connectivity index is 4.75. The second-order valence-corrected chi connectivity index (χ2v) is 5.66. The Hall–Kier alpha value is -0.680. The lowest BCUT2D eigenvalue weighted by atomic mass is 9.78. The smallest absolute Gasteiger partial charge is 0.233 e. The third kappa shape index (κ3) is 5.45. The average molecular weight is 288 g/mol. The Bertz CT molecular complexity index is 289. The molecule has 0 radical (unpaired) electrons. The first-order valence-electron chi connectivity index (χ1n) is 7.01. The van der Waals surface area contributed by atoms with Gasteiger partial charge < -0.3 is 15.8 Å². The van der Waals surface area contributed by atoms with Crippen molar-refractivity contribution in [1.82, 2.24) is 5.32 Å². The molecule has 5 heteroatoms. The van der Waals surface area contributed by atoms with Crippen LogP contribution in [0.3, 0.4) is 0 Å². The Morgan fingerprint density at radius 2 is 1.89 bits per heavy atom. The van der Waals surface area contributed by atoms with Crippen molar-refractivity contribution in [3.8, 4) is 0 Å². The predicted octanol–water partition coefficient (Wildman–Crippen LogP) is 2.26. The van der Waals surface area contributed by atoms with Gasteiger partial charge in [-0.15, -0.1) is 0 Å². The number of amides is 1. The van der Waals surface area contributed by atoms with Gasteiger partial charge in [-0.1, -0.05) is 45.8 Å². The molecule has 3 N–H and O–H groups in total. The largest absolute Gasteiger partial charge is 0.392 e. The summed E-state index contributed by atoms with van der Waals surface area (Å²) in [5.74, 6) is 0.243. The number of thiocarbonyl (C=S) groups is 1. The van der Waals surface area contributed by atoms with Crippen molar-refractivity contribution < 1.29 is 9.53 Å². The molecular weight excluding hydrogens is 260 g/mol. The molecule has 0 aliphatic heterocycles. The van der Waals surface area contributed by atoms with Crippen LogP contribution < -0.4 is 11.1 Å². The van der Waals surface area contributed by atoms with E-state index in [4.69, 9.17) is 22.7 Å². The highest BCUT2D eigenvalue weighted by Crippen LogP contribution is 2.31. The maximum absolute atomic E-state index is 12.5. The lowest BCUT2D eigenvalue weighted by Gasteiger charge is -2.31. The third-order valence-electron chi connectivity index (χ3n) is 3.32. The van der Waals surface area contributed by atoms with Crippen LogP contribution in [0.15, 0.2) is 0 Å². The van der Waals surface area contributed by atoms with Gasteiger partial charge in [0.25, 0.3) is 0 Å². The first-order valence-corrected chi connectivity index (χ1v) is 7.42. The molecule has 0 rings (SSSR count). The minimum atomic E-state index is -0.689. The normalized spacial score (nSPS) is 13.1. The topological polar surface area (TPSA) is 64.3 Å². The molecule has 1 atom stereocenters. The molecular formula is C14H28N2O2S. The molecule has 0 aromatic carbocycles. The molecule has 1 amide bonds. The summed E-state index contributed by atoms with van der Waals surface area (Å²) in [7, 11) is 1.66. The van der Waals surface area contributed by atoms with Crippen LogP contribution in [0.4, 0.5) is 0 Å². The van der Waals surface area contributed by atoms with Gasteiger partial charge in [0.1, 0.15) is 0 Å². The van der Waals surface area contributed by atoms with Crippen LogP contribution in [0.5, 0.6) is 0 Å². The van der Waals surface area contributed by atoms with Gasteiger partial charge >= 0.3 is 0 Å². The molecule has 0 aromatic heterocycles. The summed E-state index contributed by atoms with van der Waals surface area (Å²) in [5, 5.41) is 2.97. The van der Waals surface area contributed by atoms with Crippen molar-refractivity contribution >= 4 is 23.1 Å². The molecule has 0 spiro atoms. The summed E-state index contributed by atoms with van der Waals surface area (Å²) < 4.78 is 5.06. The minimum absolute atomic E-state index is 0.0355. The molecule has 0 aromatic rings. The highest BCUT2D eigenvalue weighted by molar-refractivity contribution is 7.80. The number of nitrogens with one attached hydrogen (secondary N) is 1. The van der Waals surface area contributed by atoms with Gasteiger partial charge in [0.2, 0.25) is 5.91 Å². The van der Waals surface area contributed by atoms with E-state index in [1.165, 1.54) is 0 Å². The van der Waals surface area contributed by atoms with Crippen molar-refractivity contribution in [3.05, 3.63) is 0 Å². The molecule has 19 heavy (non-hydrogen) atoms. The van der Waals surface area contributed by atoms with Gasteiger partial charge in [-0.3, -0.25) is 4.79 Å². The SMILES string of the molecule is CCCC(CCC)(C(=O)NCC(C)COC)C(N)=S. The molecule has 4 nitrogen and oxygen atoms in total. The first-order chi connectivity index (χ1) is 8.94. The maximum atomic E-state index is 12.5. The number of hydrogen-bond acceptors (Lipinski definition) is 3. The second-order valence-electron chi connectivity index (χ2n) is 5.22. The third-order valence-corrected chi connectivity index (χ3v) is 3.71. The van der Waals surface area contributed by atoms with E-state index in [2.05, 4.69) is 5.32 Å².